The fourth-order valence-electron chi connectivity index (χ4n) is 1.79. The third kappa shape index (κ3) is 1.20. The number of hydrogen-bond donors (Lipinski definition) is 1. The lowest BCUT2D eigenvalue weighted by Crippen LogP contribution is -2.60. The molecule has 1 saturated heterocycles. The van der Waals surface area contributed by atoms with E-state index in [1.807, 2.05) is 19.1 Å². The van der Waals surface area contributed by atoms with Gasteiger partial charge in [0, 0.05) is 0 Å². The van der Waals surface area contributed by atoms with Crippen molar-refractivity contribution in [3.05, 3.63) is 23.7 Å². The monoisotopic (exact) mass is 196 g/mol. The third-order valence-electron chi connectivity index (χ3n) is 3.08. The van der Waals surface area contributed by atoms with E-state index in [1.54, 1.807) is 13.8 Å². The summed E-state index contributed by atoms with van der Waals surface area (Å²) in [5.74, 6) is 1.70. The molecule has 1 aromatic heterocycles. The van der Waals surface area contributed by atoms with Crippen molar-refractivity contribution >= 4 is 0 Å². The summed E-state index contributed by atoms with van der Waals surface area (Å²) in [7, 11) is 0. The minimum absolute atomic E-state index is 0.360. The van der Waals surface area contributed by atoms with Crippen LogP contribution in [0.25, 0.3) is 0 Å². The van der Waals surface area contributed by atoms with Gasteiger partial charge in [-0.1, -0.05) is 0 Å². The first kappa shape index (κ1) is 9.74. The SMILES string of the molecule is Cc1ccc(C2(C(C)(C)O)COC2)o1. The van der Waals surface area contributed by atoms with Crippen molar-refractivity contribution in [1.29, 1.82) is 0 Å². The number of aryl methyl sites for hydroxylation is 1. The van der Waals surface area contributed by atoms with Crippen LogP contribution in [0.5, 0.6) is 0 Å². The van der Waals surface area contributed by atoms with E-state index < -0.39 is 5.60 Å². The van der Waals surface area contributed by atoms with Crippen LogP contribution in [-0.2, 0) is 10.2 Å². The fourth-order valence-corrected chi connectivity index (χ4v) is 1.79. The summed E-state index contributed by atoms with van der Waals surface area (Å²) in [5.41, 5.74) is -1.17. The first-order valence-corrected chi connectivity index (χ1v) is 4.83. The topological polar surface area (TPSA) is 42.6 Å². The smallest absolute Gasteiger partial charge is 0.117 e. The van der Waals surface area contributed by atoms with Crippen molar-refractivity contribution in [3.63, 3.8) is 0 Å². The molecule has 3 heteroatoms. The van der Waals surface area contributed by atoms with Gasteiger partial charge in [0.1, 0.15) is 16.9 Å². The Morgan fingerprint density at radius 2 is 2.00 bits per heavy atom. The van der Waals surface area contributed by atoms with Crippen LogP contribution in [0.4, 0.5) is 0 Å². The molecule has 1 aliphatic heterocycles. The standard InChI is InChI=1S/C11H16O3/c1-8-4-5-9(14-8)11(6-13-7-11)10(2,3)12/h4-5,12H,6-7H2,1-3H3. The number of hydrogen-bond acceptors (Lipinski definition) is 3. The molecule has 78 valence electrons. The summed E-state index contributed by atoms with van der Waals surface area (Å²) in [4.78, 5) is 0. The van der Waals surface area contributed by atoms with E-state index >= 15 is 0 Å². The third-order valence-corrected chi connectivity index (χ3v) is 3.08. The first-order valence-electron chi connectivity index (χ1n) is 4.83. The lowest BCUT2D eigenvalue weighted by molar-refractivity contribution is -0.165. The Bertz CT molecular complexity index is 329. The summed E-state index contributed by atoms with van der Waals surface area (Å²) in [5, 5.41) is 10.1. The largest absolute Gasteiger partial charge is 0.465 e. The summed E-state index contributed by atoms with van der Waals surface area (Å²) < 4.78 is 10.8. The summed E-state index contributed by atoms with van der Waals surface area (Å²) >= 11 is 0. The molecule has 0 aromatic carbocycles. The molecule has 0 bridgehead atoms. The molecule has 1 fully saturated rings. The van der Waals surface area contributed by atoms with Gasteiger partial charge >= 0.3 is 0 Å². The Morgan fingerprint density at radius 1 is 1.36 bits per heavy atom. The molecule has 1 N–H and O–H groups in total. The van der Waals surface area contributed by atoms with Crippen molar-refractivity contribution in [2.24, 2.45) is 0 Å². The number of furan rings is 1. The van der Waals surface area contributed by atoms with E-state index in [0.29, 0.717) is 13.2 Å². The average Bonchev–Trinajstić information content (AvgIpc) is 2.29. The maximum absolute atomic E-state index is 10.1. The van der Waals surface area contributed by atoms with Crippen LogP contribution in [-0.4, -0.2) is 23.9 Å². The van der Waals surface area contributed by atoms with Gasteiger partial charge in [-0.05, 0) is 32.9 Å². The highest BCUT2D eigenvalue weighted by molar-refractivity contribution is 5.25. The number of ether oxygens (including phenoxy) is 1. The second kappa shape index (κ2) is 2.84. The predicted octanol–water partition coefficient (Wildman–Crippen LogP) is 1.63. The van der Waals surface area contributed by atoms with Crippen LogP contribution >= 0.6 is 0 Å². The molecule has 14 heavy (non-hydrogen) atoms. The average molecular weight is 196 g/mol. The molecule has 0 amide bonds. The Balaban J connectivity index is 2.38. The van der Waals surface area contributed by atoms with Gasteiger partial charge in [-0.15, -0.1) is 0 Å². The quantitative estimate of drug-likeness (QED) is 0.781. The van der Waals surface area contributed by atoms with E-state index in [0.717, 1.165) is 11.5 Å². The van der Waals surface area contributed by atoms with E-state index in [9.17, 15) is 5.11 Å². The van der Waals surface area contributed by atoms with Gasteiger partial charge in [-0.2, -0.15) is 0 Å². The number of aliphatic hydroxyl groups is 1. The lowest BCUT2D eigenvalue weighted by Gasteiger charge is -2.47. The highest BCUT2D eigenvalue weighted by Gasteiger charge is 2.53. The van der Waals surface area contributed by atoms with E-state index in [2.05, 4.69) is 0 Å². The van der Waals surface area contributed by atoms with Gasteiger partial charge in [-0.25, -0.2) is 0 Å². The summed E-state index contributed by atoms with van der Waals surface area (Å²) in [6.07, 6.45) is 0. The maximum Gasteiger partial charge on any atom is 0.117 e. The van der Waals surface area contributed by atoms with E-state index in [4.69, 9.17) is 9.15 Å². The normalized spacial score (nSPS) is 20.6. The second-order valence-corrected chi connectivity index (χ2v) is 4.54. The first-order chi connectivity index (χ1) is 6.46. The van der Waals surface area contributed by atoms with Gasteiger partial charge in [0.15, 0.2) is 0 Å². The molecule has 0 unspecified atom stereocenters. The summed E-state index contributed by atoms with van der Waals surface area (Å²) in [6, 6.07) is 3.84. The van der Waals surface area contributed by atoms with Crippen LogP contribution in [0.1, 0.15) is 25.4 Å². The van der Waals surface area contributed by atoms with Crippen molar-refractivity contribution in [1.82, 2.24) is 0 Å². The molecule has 1 aromatic rings. The predicted molar refractivity (Wildman–Crippen MR) is 52.2 cm³/mol. The zero-order valence-electron chi connectivity index (χ0n) is 8.83. The van der Waals surface area contributed by atoms with Gasteiger partial charge in [0.2, 0.25) is 0 Å². The zero-order chi connectivity index (χ0) is 10.4. The molecule has 0 saturated carbocycles. The molecule has 3 nitrogen and oxygen atoms in total. The second-order valence-electron chi connectivity index (χ2n) is 4.54. The van der Waals surface area contributed by atoms with Crippen molar-refractivity contribution in [3.8, 4) is 0 Å². The highest BCUT2D eigenvalue weighted by Crippen LogP contribution is 2.42. The molecule has 2 rings (SSSR count). The zero-order valence-corrected chi connectivity index (χ0v) is 8.83. The molecular formula is C11H16O3. The van der Waals surface area contributed by atoms with E-state index in [-0.39, 0.29) is 5.41 Å². The minimum atomic E-state index is -0.810. The molecular weight excluding hydrogens is 180 g/mol. The van der Waals surface area contributed by atoms with Gasteiger partial charge in [0.25, 0.3) is 0 Å². The van der Waals surface area contributed by atoms with Gasteiger partial charge < -0.3 is 14.3 Å². The molecule has 0 atom stereocenters. The summed E-state index contributed by atoms with van der Waals surface area (Å²) in [6.45, 7) is 6.56. The van der Waals surface area contributed by atoms with Crippen molar-refractivity contribution < 1.29 is 14.3 Å². The maximum atomic E-state index is 10.1. The van der Waals surface area contributed by atoms with Crippen LogP contribution in [0.3, 0.4) is 0 Å². The fraction of sp³-hybridized carbons (Fsp3) is 0.636. The van der Waals surface area contributed by atoms with Crippen LogP contribution < -0.4 is 0 Å². The van der Waals surface area contributed by atoms with Crippen LogP contribution in [0.15, 0.2) is 16.5 Å². The van der Waals surface area contributed by atoms with Crippen LogP contribution in [0.2, 0.25) is 0 Å². The van der Waals surface area contributed by atoms with Crippen molar-refractivity contribution in [2.75, 3.05) is 13.2 Å². The van der Waals surface area contributed by atoms with Crippen molar-refractivity contribution in [2.45, 2.75) is 31.8 Å². The molecule has 0 aliphatic carbocycles. The van der Waals surface area contributed by atoms with E-state index in [1.165, 1.54) is 0 Å². The Kier molecular flexibility index (Phi) is 1.98. The molecule has 0 spiro atoms. The Labute approximate surface area is 83.7 Å². The van der Waals surface area contributed by atoms with Gasteiger partial charge in [0.05, 0.1) is 18.8 Å². The van der Waals surface area contributed by atoms with Gasteiger partial charge in [-0.3, -0.25) is 0 Å². The van der Waals surface area contributed by atoms with Crippen LogP contribution in [0, 0.1) is 6.92 Å². The Hall–Kier alpha value is -0.800. The Morgan fingerprint density at radius 3 is 2.29 bits per heavy atom. The lowest BCUT2D eigenvalue weighted by atomic mass is 9.70. The molecule has 1 aliphatic rings. The molecule has 0 radical (unpaired) electrons. The highest BCUT2D eigenvalue weighted by atomic mass is 16.5. The number of rotatable bonds is 2. The molecule has 2 heterocycles. The minimum Gasteiger partial charge on any atom is -0.465 e.